The van der Waals surface area contributed by atoms with Gasteiger partial charge in [0.25, 0.3) is 0 Å². The first-order valence-electron chi connectivity index (χ1n) is 5.94. The Labute approximate surface area is 108 Å². The molecule has 0 aliphatic carbocycles. The average Bonchev–Trinajstić information content (AvgIpc) is 2.37. The van der Waals surface area contributed by atoms with E-state index in [1.165, 1.54) is 0 Å². The average molecular weight is 245 g/mol. The van der Waals surface area contributed by atoms with Gasteiger partial charge in [0.15, 0.2) is 0 Å². The number of aromatic carboxylic acids is 1. The van der Waals surface area contributed by atoms with Gasteiger partial charge in [-0.05, 0) is 36.6 Å². The van der Waals surface area contributed by atoms with Gasteiger partial charge in [0.05, 0.1) is 11.6 Å². The van der Waals surface area contributed by atoms with E-state index >= 15 is 0 Å². The SMILES string of the molecule is CC/C=C\c1cc(C(=O)O)ccc1C.CCC#N. The zero-order chi connectivity index (χ0) is 14.0. The second-order valence-corrected chi connectivity index (χ2v) is 3.70. The summed E-state index contributed by atoms with van der Waals surface area (Å²) in [6.07, 6.45) is 5.56. The molecule has 0 atom stereocenters. The van der Waals surface area contributed by atoms with E-state index in [4.69, 9.17) is 10.4 Å². The fourth-order valence-corrected chi connectivity index (χ4v) is 1.20. The molecule has 1 rings (SSSR count). The number of hydrogen-bond acceptors (Lipinski definition) is 2. The lowest BCUT2D eigenvalue weighted by molar-refractivity contribution is 0.0697. The quantitative estimate of drug-likeness (QED) is 0.874. The van der Waals surface area contributed by atoms with E-state index in [9.17, 15) is 4.79 Å². The van der Waals surface area contributed by atoms with Gasteiger partial charge in [-0.2, -0.15) is 5.26 Å². The van der Waals surface area contributed by atoms with E-state index in [-0.39, 0.29) is 0 Å². The molecule has 0 unspecified atom stereocenters. The Morgan fingerprint density at radius 2 is 2.06 bits per heavy atom. The highest BCUT2D eigenvalue weighted by molar-refractivity contribution is 5.88. The van der Waals surface area contributed by atoms with Crippen LogP contribution < -0.4 is 0 Å². The number of carboxylic acids is 1. The van der Waals surface area contributed by atoms with Crippen molar-refractivity contribution in [3.05, 3.63) is 41.0 Å². The molecular weight excluding hydrogens is 226 g/mol. The van der Waals surface area contributed by atoms with Crippen molar-refractivity contribution in [3.63, 3.8) is 0 Å². The monoisotopic (exact) mass is 245 g/mol. The van der Waals surface area contributed by atoms with E-state index < -0.39 is 5.97 Å². The van der Waals surface area contributed by atoms with Crippen LogP contribution in [0.5, 0.6) is 0 Å². The number of benzene rings is 1. The largest absolute Gasteiger partial charge is 0.478 e. The molecule has 0 heterocycles. The number of carboxylic acid groups (broad SMARTS) is 1. The van der Waals surface area contributed by atoms with E-state index in [0.717, 1.165) is 17.5 Å². The summed E-state index contributed by atoms with van der Waals surface area (Å²) in [6.45, 7) is 5.84. The molecule has 0 amide bonds. The molecule has 0 saturated heterocycles. The smallest absolute Gasteiger partial charge is 0.335 e. The van der Waals surface area contributed by atoms with Crippen molar-refractivity contribution in [2.75, 3.05) is 0 Å². The number of hydrogen-bond donors (Lipinski definition) is 1. The highest BCUT2D eigenvalue weighted by Crippen LogP contribution is 2.13. The Morgan fingerprint density at radius 1 is 1.44 bits per heavy atom. The Balaban J connectivity index is 0.000000631. The lowest BCUT2D eigenvalue weighted by Crippen LogP contribution is -1.96. The van der Waals surface area contributed by atoms with Gasteiger partial charge in [0.1, 0.15) is 0 Å². The summed E-state index contributed by atoms with van der Waals surface area (Å²) < 4.78 is 0. The Bertz CT molecular complexity index is 456. The maximum absolute atomic E-state index is 10.7. The molecule has 0 aliphatic rings. The van der Waals surface area contributed by atoms with Crippen LogP contribution in [0.2, 0.25) is 0 Å². The summed E-state index contributed by atoms with van der Waals surface area (Å²) >= 11 is 0. The molecule has 0 radical (unpaired) electrons. The van der Waals surface area contributed by atoms with Crippen LogP contribution in [0, 0.1) is 18.3 Å². The first kappa shape index (κ1) is 15.9. The summed E-state index contributed by atoms with van der Waals surface area (Å²) in [4.78, 5) is 10.7. The van der Waals surface area contributed by atoms with Crippen molar-refractivity contribution in [1.82, 2.24) is 0 Å². The van der Waals surface area contributed by atoms with E-state index in [2.05, 4.69) is 0 Å². The second kappa shape index (κ2) is 9.00. The minimum atomic E-state index is -0.879. The number of aryl methyl sites for hydroxylation is 1. The number of nitrogens with zero attached hydrogens (tertiary/aromatic N) is 1. The molecule has 0 aromatic heterocycles. The molecule has 1 aromatic rings. The third kappa shape index (κ3) is 5.86. The van der Waals surface area contributed by atoms with Crippen molar-refractivity contribution in [1.29, 1.82) is 5.26 Å². The van der Waals surface area contributed by atoms with Gasteiger partial charge >= 0.3 is 5.97 Å². The molecule has 3 heteroatoms. The molecule has 1 N–H and O–H groups in total. The van der Waals surface area contributed by atoms with E-state index in [1.54, 1.807) is 12.1 Å². The van der Waals surface area contributed by atoms with Gasteiger partial charge in [-0.3, -0.25) is 0 Å². The van der Waals surface area contributed by atoms with Gasteiger partial charge in [0, 0.05) is 6.42 Å². The van der Waals surface area contributed by atoms with Gasteiger partial charge < -0.3 is 5.11 Å². The Morgan fingerprint density at radius 3 is 2.50 bits per heavy atom. The summed E-state index contributed by atoms with van der Waals surface area (Å²) in [6, 6.07) is 7.09. The Hall–Kier alpha value is -2.08. The fourth-order valence-electron chi connectivity index (χ4n) is 1.20. The Kier molecular flexibility index (Phi) is 7.96. The summed E-state index contributed by atoms with van der Waals surface area (Å²) in [5.41, 5.74) is 2.41. The highest BCUT2D eigenvalue weighted by atomic mass is 16.4. The number of nitriles is 1. The van der Waals surface area contributed by atoms with Crippen LogP contribution >= 0.6 is 0 Å². The van der Waals surface area contributed by atoms with Crippen LogP contribution in [-0.2, 0) is 0 Å². The molecule has 96 valence electrons. The number of rotatable bonds is 3. The molecule has 0 fully saturated rings. The van der Waals surface area contributed by atoms with Crippen LogP contribution in [0.4, 0.5) is 0 Å². The molecule has 0 spiro atoms. The molecule has 0 aliphatic heterocycles. The van der Waals surface area contributed by atoms with Crippen LogP contribution in [0.1, 0.15) is 48.2 Å². The molecular formula is C15H19NO2. The van der Waals surface area contributed by atoms with Gasteiger partial charge in [-0.15, -0.1) is 0 Å². The first-order chi connectivity index (χ1) is 8.56. The van der Waals surface area contributed by atoms with E-state index in [0.29, 0.717) is 12.0 Å². The van der Waals surface area contributed by atoms with Crippen molar-refractivity contribution < 1.29 is 9.90 Å². The number of allylic oxidation sites excluding steroid dienone is 1. The van der Waals surface area contributed by atoms with Gasteiger partial charge in [0.2, 0.25) is 0 Å². The second-order valence-electron chi connectivity index (χ2n) is 3.70. The van der Waals surface area contributed by atoms with E-state index in [1.807, 2.05) is 45.1 Å². The molecule has 1 aromatic carbocycles. The lowest BCUT2D eigenvalue weighted by atomic mass is 10.0. The van der Waals surface area contributed by atoms with Gasteiger partial charge in [-0.25, -0.2) is 4.79 Å². The topological polar surface area (TPSA) is 61.1 Å². The predicted molar refractivity (Wildman–Crippen MR) is 73.4 cm³/mol. The van der Waals surface area contributed by atoms with Crippen molar-refractivity contribution in [2.45, 2.75) is 33.6 Å². The third-order valence-electron chi connectivity index (χ3n) is 2.22. The zero-order valence-corrected chi connectivity index (χ0v) is 11.1. The zero-order valence-electron chi connectivity index (χ0n) is 11.1. The molecule has 18 heavy (non-hydrogen) atoms. The maximum Gasteiger partial charge on any atom is 0.335 e. The summed E-state index contributed by atoms with van der Waals surface area (Å²) in [7, 11) is 0. The third-order valence-corrected chi connectivity index (χ3v) is 2.22. The minimum Gasteiger partial charge on any atom is -0.478 e. The highest BCUT2D eigenvalue weighted by Gasteiger charge is 2.03. The number of carbonyl (C=O) groups is 1. The predicted octanol–water partition coefficient (Wildman–Crippen LogP) is 4.04. The summed E-state index contributed by atoms with van der Waals surface area (Å²) in [5.74, 6) is -0.879. The van der Waals surface area contributed by atoms with Crippen LogP contribution in [-0.4, -0.2) is 11.1 Å². The van der Waals surface area contributed by atoms with Crippen LogP contribution in [0.3, 0.4) is 0 Å². The summed E-state index contributed by atoms with van der Waals surface area (Å²) in [5, 5.41) is 16.4. The van der Waals surface area contributed by atoms with Crippen molar-refractivity contribution in [3.8, 4) is 6.07 Å². The molecule has 0 saturated carbocycles. The lowest BCUT2D eigenvalue weighted by Gasteiger charge is -2.01. The van der Waals surface area contributed by atoms with Crippen LogP contribution in [0.25, 0.3) is 6.08 Å². The van der Waals surface area contributed by atoms with Crippen molar-refractivity contribution in [2.24, 2.45) is 0 Å². The normalized spacial score (nSPS) is 9.44. The van der Waals surface area contributed by atoms with Crippen LogP contribution in [0.15, 0.2) is 24.3 Å². The van der Waals surface area contributed by atoms with Gasteiger partial charge in [-0.1, -0.05) is 32.1 Å². The molecule has 3 nitrogen and oxygen atoms in total. The van der Waals surface area contributed by atoms with Crippen molar-refractivity contribution >= 4 is 12.0 Å². The fraction of sp³-hybridized carbons (Fsp3) is 0.333. The standard InChI is InChI=1S/C12H14O2.C3H5N/c1-3-4-5-10-8-11(12(13)14)7-6-9(10)2;1-2-3-4/h4-8H,3H2,1-2H3,(H,13,14);2H2,1H3/b5-4-;. The molecule has 0 bridgehead atoms. The maximum atomic E-state index is 10.7. The first-order valence-corrected chi connectivity index (χ1v) is 5.94. The minimum absolute atomic E-state index is 0.339.